The van der Waals surface area contributed by atoms with Crippen LogP contribution in [0.15, 0.2) is 22.7 Å². The first kappa shape index (κ1) is 11.0. The molecule has 1 fully saturated rings. The maximum atomic E-state index is 13.5. The van der Waals surface area contributed by atoms with Gasteiger partial charge in [0.25, 0.3) is 0 Å². The van der Waals surface area contributed by atoms with Gasteiger partial charge in [0, 0.05) is 23.1 Å². The highest BCUT2D eigenvalue weighted by atomic mass is 79.9. The maximum Gasteiger partial charge on any atom is 0.129 e. The van der Waals surface area contributed by atoms with Crippen LogP contribution in [-0.4, -0.2) is 17.8 Å². The van der Waals surface area contributed by atoms with E-state index in [2.05, 4.69) is 15.9 Å². The van der Waals surface area contributed by atoms with Crippen LogP contribution in [0.25, 0.3) is 0 Å². The molecule has 0 spiro atoms. The summed E-state index contributed by atoms with van der Waals surface area (Å²) in [6, 6.07) is 4.76. The molecule has 1 aromatic rings. The van der Waals surface area contributed by atoms with E-state index >= 15 is 0 Å². The summed E-state index contributed by atoms with van der Waals surface area (Å²) in [5, 5.41) is 9.49. The van der Waals surface area contributed by atoms with E-state index < -0.39 is 0 Å². The Morgan fingerprint density at radius 2 is 2.27 bits per heavy atom. The van der Waals surface area contributed by atoms with E-state index in [0.29, 0.717) is 25.0 Å². The first-order valence-corrected chi connectivity index (χ1v) is 5.70. The summed E-state index contributed by atoms with van der Waals surface area (Å²) in [7, 11) is 0. The summed E-state index contributed by atoms with van der Waals surface area (Å²) < 4.78 is 19.8. The molecule has 1 aliphatic rings. The van der Waals surface area contributed by atoms with Crippen molar-refractivity contribution in [1.82, 2.24) is 0 Å². The zero-order valence-corrected chi connectivity index (χ0v) is 9.71. The van der Waals surface area contributed by atoms with Gasteiger partial charge in [-0.05, 0) is 24.6 Å². The molecule has 1 aliphatic heterocycles. The zero-order chi connectivity index (χ0) is 10.8. The molecule has 0 radical (unpaired) electrons. The Morgan fingerprint density at radius 3 is 3.00 bits per heavy atom. The van der Waals surface area contributed by atoms with Crippen molar-refractivity contribution in [2.45, 2.75) is 25.0 Å². The van der Waals surface area contributed by atoms with E-state index in [4.69, 9.17) is 4.74 Å². The molecule has 1 saturated heterocycles. The number of rotatable bonds is 1. The van der Waals surface area contributed by atoms with Crippen molar-refractivity contribution in [3.05, 3.63) is 34.1 Å². The fraction of sp³-hybridized carbons (Fsp3) is 0.455. The minimum atomic E-state index is -0.387. The summed E-state index contributed by atoms with van der Waals surface area (Å²) >= 11 is 3.29. The smallest absolute Gasteiger partial charge is 0.129 e. The molecule has 2 unspecified atom stereocenters. The molecule has 15 heavy (non-hydrogen) atoms. The topological polar surface area (TPSA) is 29.5 Å². The number of aliphatic hydroxyl groups excluding tert-OH is 1. The molecule has 0 aromatic heterocycles. The van der Waals surface area contributed by atoms with Crippen molar-refractivity contribution >= 4 is 15.9 Å². The van der Waals surface area contributed by atoms with Crippen molar-refractivity contribution in [2.24, 2.45) is 0 Å². The molecule has 0 amide bonds. The van der Waals surface area contributed by atoms with E-state index in [1.54, 1.807) is 12.1 Å². The molecular formula is C11H12BrFO2. The second kappa shape index (κ2) is 4.60. The Hall–Kier alpha value is -0.450. The van der Waals surface area contributed by atoms with Crippen LogP contribution >= 0.6 is 15.9 Å². The largest absolute Gasteiger partial charge is 0.393 e. The highest BCUT2D eigenvalue weighted by Gasteiger charge is 2.24. The van der Waals surface area contributed by atoms with Crippen LogP contribution in [0.4, 0.5) is 4.39 Å². The summed E-state index contributed by atoms with van der Waals surface area (Å²) in [5.74, 6) is -0.280. The van der Waals surface area contributed by atoms with Gasteiger partial charge < -0.3 is 9.84 Å². The molecule has 1 heterocycles. The number of benzene rings is 1. The van der Waals surface area contributed by atoms with Gasteiger partial charge in [-0.2, -0.15) is 0 Å². The lowest BCUT2D eigenvalue weighted by Gasteiger charge is -2.27. The summed E-state index contributed by atoms with van der Waals surface area (Å²) in [5.41, 5.74) is 0.517. The normalized spacial score (nSPS) is 26.6. The monoisotopic (exact) mass is 274 g/mol. The number of ether oxygens (including phenoxy) is 1. The van der Waals surface area contributed by atoms with Crippen LogP contribution in [-0.2, 0) is 4.74 Å². The third-order valence-corrected chi connectivity index (χ3v) is 3.05. The maximum absolute atomic E-state index is 13.5. The molecule has 2 atom stereocenters. The fourth-order valence-corrected chi connectivity index (χ4v) is 2.14. The van der Waals surface area contributed by atoms with Crippen LogP contribution < -0.4 is 0 Å². The van der Waals surface area contributed by atoms with E-state index in [0.717, 1.165) is 4.47 Å². The number of aliphatic hydroxyl groups is 1. The minimum Gasteiger partial charge on any atom is -0.393 e. The lowest BCUT2D eigenvalue weighted by atomic mass is 9.99. The quantitative estimate of drug-likeness (QED) is 0.854. The Labute approximate surface area is 96.2 Å². The first-order chi connectivity index (χ1) is 7.16. The average molecular weight is 275 g/mol. The van der Waals surface area contributed by atoms with Crippen molar-refractivity contribution in [1.29, 1.82) is 0 Å². The molecular weight excluding hydrogens is 263 g/mol. The summed E-state index contributed by atoms with van der Waals surface area (Å²) in [6.07, 6.45) is 0.382. The highest BCUT2D eigenvalue weighted by molar-refractivity contribution is 9.10. The summed E-state index contributed by atoms with van der Waals surface area (Å²) in [4.78, 5) is 0. The molecule has 0 aliphatic carbocycles. The van der Waals surface area contributed by atoms with Crippen molar-refractivity contribution in [3.8, 4) is 0 Å². The average Bonchev–Trinajstić information content (AvgIpc) is 2.22. The number of hydrogen-bond acceptors (Lipinski definition) is 2. The van der Waals surface area contributed by atoms with Gasteiger partial charge in [-0.15, -0.1) is 0 Å². The molecule has 4 heteroatoms. The standard InChI is InChI=1S/C11H12BrFO2/c12-7-1-2-10(13)9(5-7)11-6-8(14)3-4-15-11/h1-2,5,8,11,14H,3-4,6H2. The van der Waals surface area contributed by atoms with Crippen LogP contribution in [0, 0.1) is 5.82 Å². The van der Waals surface area contributed by atoms with Gasteiger partial charge in [0.2, 0.25) is 0 Å². The van der Waals surface area contributed by atoms with Crippen molar-refractivity contribution < 1.29 is 14.2 Å². The Bertz CT molecular complexity index is 356. The number of hydrogen-bond donors (Lipinski definition) is 1. The predicted octanol–water partition coefficient (Wildman–Crippen LogP) is 2.80. The predicted molar refractivity (Wildman–Crippen MR) is 58.0 cm³/mol. The minimum absolute atomic E-state index is 0.280. The van der Waals surface area contributed by atoms with Gasteiger partial charge >= 0.3 is 0 Å². The molecule has 2 nitrogen and oxygen atoms in total. The van der Waals surface area contributed by atoms with E-state index in [1.165, 1.54) is 6.07 Å². The van der Waals surface area contributed by atoms with Crippen molar-refractivity contribution in [3.63, 3.8) is 0 Å². The molecule has 2 rings (SSSR count). The molecule has 1 aromatic carbocycles. The lowest BCUT2D eigenvalue weighted by Crippen LogP contribution is -2.24. The van der Waals surface area contributed by atoms with Crippen LogP contribution in [0.1, 0.15) is 24.5 Å². The van der Waals surface area contributed by atoms with Gasteiger partial charge in [-0.3, -0.25) is 0 Å². The first-order valence-electron chi connectivity index (χ1n) is 4.91. The number of halogens is 2. The Balaban J connectivity index is 2.24. The molecule has 82 valence electrons. The van der Waals surface area contributed by atoms with Gasteiger partial charge in [0.15, 0.2) is 0 Å². The van der Waals surface area contributed by atoms with E-state index in [1.807, 2.05) is 0 Å². The van der Waals surface area contributed by atoms with Crippen LogP contribution in [0.2, 0.25) is 0 Å². The van der Waals surface area contributed by atoms with Crippen LogP contribution in [0.5, 0.6) is 0 Å². The van der Waals surface area contributed by atoms with Gasteiger partial charge in [0.1, 0.15) is 5.82 Å². The fourth-order valence-electron chi connectivity index (χ4n) is 1.76. The lowest BCUT2D eigenvalue weighted by molar-refractivity contribution is -0.0461. The second-order valence-corrected chi connectivity index (χ2v) is 4.62. The van der Waals surface area contributed by atoms with Crippen LogP contribution in [0.3, 0.4) is 0 Å². The molecule has 1 N–H and O–H groups in total. The summed E-state index contributed by atoms with van der Waals surface area (Å²) in [6.45, 7) is 0.484. The van der Waals surface area contributed by atoms with Gasteiger partial charge in [-0.1, -0.05) is 15.9 Å². The highest BCUT2D eigenvalue weighted by Crippen LogP contribution is 2.31. The Kier molecular flexibility index (Phi) is 3.38. The second-order valence-electron chi connectivity index (χ2n) is 3.70. The van der Waals surface area contributed by atoms with Gasteiger partial charge in [0.05, 0.1) is 12.2 Å². The van der Waals surface area contributed by atoms with Gasteiger partial charge in [-0.25, -0.2) is 4.39 Å². The molecule has 0 saturated carbocycles. The van der Waals surface area contributed by atoms with E-state index in [-0.39, 0.29) is 18.0 Å². The molecule has 0 bridgehead atoms. The van der Waals surface area contributed by atoms with E-state index in [9.17, 15) is 9.50 Å². The third kappa shape index (κ3) is 2.56. The zero-order valence-electron chi connectivity index (χ0n) is 8.12. The SMILES string of the molecule is OC1CCOC(c2cc(Br)ccc2F)C1. The third-order valence-electron chi connectivity index (χ3n) is 2.56. The Morgan fingerprint density at radius 1 is 1.47 bits per heavy atom. The van der Waals surface area contributed by atoms with Crippen molar-refractivity contribution in [2.75, 3.05) is 6.61 Å².